The number of fused-ring (bicyclic) bond motifs is 4. The SMILES string of the molecule is C1NC2C1C1SC21. The summed E-state index contributed by atoms with van der Waals surface area (Å²) in [6.45, 7) is 1.32. The number of hydrogen-bond donors (Lipinski definition) is 1. The number of hydrogen-bond acceptors (Lipinski definition) is 2. The van der Waals surface area contributed by atoms with Crippen molar-refractivity contribution in [1.82, 2.24) is 5.32 Å². The van der Waals surface area contributed by atoms with Crippen molar-refractivity contribution in [2.24, 2.45) is 5.92 Å². The lowest BCUT2D eigenvalue weighted by atomic mass is 9.74. The van der Waals surface area contributed by atoms with Gasteiger partial charge in [-0.2, -0.15) is 11.8 Å². The molecule has 3 rings (SSSR count). The van der Waals surface area contributed by atoms with Gasteiger partial charge in [0.05, 0.1) is 0 Å². The fraction of sp³-hybridized carbons (Fsp3) is 1.00. The normalized spacial score (nSPS) is 72.0. The van der Waals surface area contributed by atoms with E-state index >= 15 is 0 Å². The first-order valence-corrected chi connectivity index (χ1v) is 3.80. The fourth-order valence-corrected chi connectivity index (χ4v) is 3.27. The molecule has 2 heterocycles. The van der Waals surface area contributed by atoms with Gasteiger partial charge in [0.15, 0.2) is 0 Å². The first-order valence-electron chi connectivity index (χ1n) is 2.86. The van der Waals surface area contributed by atoms with Gasteiger partial charge >= 0.3 is 0 Å². The summed E-state index contributed by atoms with van der Waals surface area (Å²) < 4.78 is 0. The molecule has 0 bridgehead atoms. The van der Waals surface area contributed by atoms with Gasteiger partial charge in [-0.25, -0.2) is 0 Å². The minimum atomic E-state index is 0.968. The zero-order valence-corrected chi connectivity index (χ0v) is 4.74. The molecule has 2 heteroatoms. The van der Waals surface area contributed by atoms with Crippen LogP contribution in [0.2, 0.25) is 0 Å². The molecular formula is C5H7NS. The number of thioether (sulfide) groups is 1. The van der Waals surface area contributed by atoms with Crippen LogP contribution in [-0.2, 0) is 0 Å². The number of piperidine rings is 1. The predicted octanol–water partition coefficient (Wildman–Crippen LogP) is 0.0720. The standard InChI is InChI=1S/C5H7NS/c1-2-3(6-1)5-4(2)7-5/h2-6H,1H2. The van der Waals surface area contributed by atoms with Crippen LogP contribution in [-0.4, -0.2) is 23.1 Å². The molecule has 0 radical (unpaired) electrons. The molecule has 0 aromatic heterocycles. The quantitative estimate of drug-likeness (QED) is 0.446. The Labute approximate surface area is 46.9 Å². The maximum Gasteiger partial charge on any atom is 0.0330 e. The van der Waals surface area contributed by atoms with Crippen LogP contribution in [0.15, 0.2) is 0 Å². The summed E-state index contributed by atoms with van der Waals surface area (Å²) in [5, 5.41) is 5.60. The minimum Gasteiger partial charge on any atom is -0.312 e. The Bertz CT molecular complexity index is 111. The second-order valence-electron chi connectivity index (χ2n) is 2.66. The Morgan fingerprint density at radius 1 is 1.43 bits per heavy atom. The zero-order chi connectivity index (χ0) is 4.43. The van der Waals surface area contributed by atoms with Crippen molar-refractivity contribution in [2.45, 2.75) is 16.5 Å². The van der Waals surface area contributed by atoms with E-state index in [0.717, 1.165) is 22.5 Å². The second-order valence-corrected chi connectivity index (χ2v) is 4.02. The summed E-state index contributed by atoms with van der Waals surface area (Å²) in [6.07, 6.45) is 0. The molecule has 1 saturated carbocycles. The maximum absolute atomic E-state index is 3.42. The van der Waals surface area contributed by atoms with Crippen molar-refractivity contribution >= 4 is 11.8 Å². The molecule has 3 aliphatic rings. The van der Waals surface area contributed by atoms with Gasteiger partial charge in [0.25, 0.3) is 0 Å². The van der Waals surface area contributed by atoms with E-state index < -0.39 is 0 Å². The van der Waals surface area contributed by atoms with Crippen molar-refractivity contribution in [3.8, 4) is 0 Å². The largest absolute Gasteiger partial charge is 0.312 e. The topological polar surface area (TPSA) is 12.0 Å². The third kappa shape index (κ3) is 0.216. The van der Waals surface area contributed by atoms with Crippen LogP contribution in [0.4, 0.5) is 0 Å². The van der Waals surface area contributed by atoms with E-state index in [-0.39, 0.29) is 0 Å². The third-order valence-corrected chi connectivity index (χ3v) is 3.93. The molecule has 3 fully saturated rings. The first kappa shape index (κ1) is 3.36. The lowest BCUT2D eigenvalue weighted by Gasteiger charge is -2.44. The number of nitrogens with one attached hydrogen (secondary N) is 1. The van der Waals surface area contributed by atoms with E-state index in [2.05, 4.69) is 17.1 Å². The average Bonchev–Trinajstić information content (AvgIpc) is 2.14. The molecule has 1 aliphatic carbocycles. The van der Waals surface area contributed by atoms with Gasteiger partial charge < -0.3 is 5.32 Å². The van der Waals surface area contributed by atoms with E-state index in [1.165, 1.54) is 6.54 Å². The highest BCUT2D eigenvalue weighted by molar-refractivity contribution is 8.08. The molecule has 0 spiro atoms. The average molecular weight is 113 g/mol. The molecule has 2 saturated heterocycles. The molecule has 0 amide bonds. The lowest BCUT2D eigenvalue weighted by molar-refractivity contribution is 0.162. The second kappa shape index (κ2) is 0.759. The summed E-state index contributed by atoms with van der Waals surface area (Å²) in [6, 6.07) is 0.968. The van der Waals surface area contributed by atoms with Gasteiger partial charge in [0, 0.05) is 29.0 Å². The Morgan fingerprint density at radius 2 is 2.43 bits per heavy atom. The van der Waals surface area contributed by atoms with Crippen molar-refractivity contribution in [1.29, 1.82) is 0 Å². The summed E-state index contributed by atoms with van der Waals surface area (Å²) in [7, 11) is 0. The molecule has 0 aromatic rings. The van der Waals surface area contributed by atoms with Crippen LogP contribution in [0.3, 0.4) is 0 Å². The molecule has 1 nitrogen and oxygen atoms in total. The van der Waals surface area contributed by atoms with Crippen LogP contribution < -0.4 is 5.32 Å². The van der Waals surface area contributed by atoms with E-state index in [1.54, 1.807) is 0 Å². The third-order valence-electron chi connectivity index (χ3n) is 2.39. The van der Waals surface area contributed by atoms with Crippen LogP contribution in [0.5, 0.6) is 0 Å². The highest BCUT2D eigenvalue weighted by Crippen LogP contribution is 2.62. The zero-order valence-electron chi connectivity index (χ0n) is 3.92. The van der Waals surface area contributed by atoms with Gasteiger partial charge in [-0.1, -0.05) is 0 Å². The molecule has 4 unspecified atom stereocenters. The predicted molar refractivity (Wildman–Crippen MR) is 30.4 cm³/mol. The molecular weight excluding hydrogens is 106 g/mol. The highest BCUT2D eigenvalue weighted by atomic mass is 32.2. The monoisotopic (exact) mass is 113 g/mol. The van der Waals surface area contributed by atoms with E-state index in [1.807, 2.05) is 0 Å². The fourth-order valence-electron chi connectivity index (χ4n) is 1.69. The van der Waals surface area contributed by atoms with Crippen molar-refractivity contribution in [3.63, 3.8) is 0 Å². The molecule has 0 aromatic carbocycles. The van der Waals surface area contributed by atoms with E-state index in [0.29, 0.717) is 0 Å². The van der Waals surface area contributed by atoms with E-state index in [4.69, 9.17) is 0 Å². The molecule has 38 valence electrons. The molecule has 1 N–H and O–H groups in total. The number of rotatable bonds is 0. The Balaban J connectivity index is 1.98. The van der Waals surface area contributed by atoms with Crippen molar-refractivity contribution in [3.05, 3.63) is 0 Å². The Morgan fingerprint density at radius 3 is 2.71 bits per heavy atom. The van der Waals surface area contributed by atoms with Gasteiger partial charge in [0.2, 0.25) is 0 Å². The molecule has 2 aliphatic heterocycles. The van der Waals surface area contributed by atoms with Crippen LogP contribution in [0.1, 0.15) is 0 Å². The van der Waals surface area contributed by atoms with Crippen molar-refractivity contribution in [2.75, 3.05) is 6.54 Å². The van der Waals surface area contributed by atoms with Crippen LogP contribution >= 0.6 is 11.8 Å². The molecule has 4 atom stereocenters. The smallest absolute Gasteiger partial charge is 0.0330 e. The van der Waals surface area contributed by atoms with Gasteiger partial charge in [0.1, 0.15) is 0 Å². The lowest BCUT2D eigenvalue weighted by Crippen LogP contribution is -2.65. The summed E-state index contributed by atoms with van der Waals surface area (Å²) in [5.41, 5.74) is 0. The highest BCUT2D eigenvalue weighted by Gasteiger charge is 2.66. The summed E-state index contributed by atoms with van der Waals surface area (Å²) in [5.74, 6) is 1.11. The van der Waals surface area contributed by atoms with Gasteiger partial charge in [-0.05, 0) is 0 Å². The van der Waals surface area contributed by atoms with Gasteiger partial charge in [-0.3, -0.25) is 0 Å². The van der Waals surface area contributed by atoms with Gasteiger partial charge in [-0.15, -0.1) is 0 Å². The maximum atomic E-state index is 3.42. The van der Waals surface area contributed by atoms with Crippen molar-refractivity contribution < 1.29 is 0 Å². The Kier molecular flexibility index (Phi) is 0.364. The van der Waals surface area contributed by atoms with Crippen LogP contribution in [0.25, 0.3) is 0 Å². The summed E-state index contributed by atoms with van der Waals surface area (Å²) in [4.78, 5) is 0. The Hall–Kier alpha value is 0.310. The van der Waals surface area contributed by atoms with Crippen LogP contribution in [0, 0.1) is 5.92 Å². The molecule has 7 heavy (non-hydrogen) atoms. The summed E-state index contributed by atoms with van der Waals surface area (Å²) >= 11 is 2.17. The van der Waals surface area contributed by atoms with E-state index in [9.17, 15) is 0 Å². The first-order chi connectivity index (χ1) is 3.47. The minimum absolute atomic E-state index is 0.968.